The van der Waals surface area contributed by atoms with Gasteiger partial charge in [-0.05, 0) is 19.4 Å². The van der Waals surface area contributed by atoms with Crippen LogP contribution in [0.3, 0.4) is 0 Å². The number of carbonyl (C=O) groups excluding carboxylic acids is 1. The Morgan fingerprint density at radius 3 is 3.12 bits per heavy atom. The minimum absolute atomic E-state index is 0.00437. The molecule has 16 heavy (non-hydrogen) atoms. The van der Waals surface area contributed by atoms with E-state index in [2.05, 4.69) is 20.5 Å². The Balaban J connectivity index is 2.08. The number of nitrogens with two attached hydrogens (primary N) is 1. The molecule has 4 N–H and O–H groups in total. The molecular weight excluding hydrogens is 206 g/mol. The Morgan fingerprint density at radius 1 is 1.69 bits per heavy atom. The van der Waals surface area contributed by atoms with Gasteiger partial charge in [-0.25, -0.2) is 4.98 Å². The zero-order valence-electron chi connectivity index (χ0n) is 9.57. The number of carbonyl (C=O) groups is 1. The van der Waals surface area contributed by atoms with Crippen molar-refractivity contribution >= 4 is 5.91 Å². The van der Waals surface area contributed by atoms with Gasteiger partial charge in [-0.2, -0.15) is 5.10 Å². The minimum Gasteiger partial charge on any atom is -0.356 e. The molecule has 1 aromatic heterocycles. The maximum atomic E-state index is 11.5. The van der Waals surface area contributed by atoms with E-state index < -0.39 is 0 Å². The summed E-state index contributed by atoms with van der Waals surface area (Å²) in [6.07, 6.45) is 3.87. The highest BCUT2D eigenvalue weighted by Crippen LogP contribution is 1.99. The van der Waals surface area contributed by atoms with Gasteiger partial charge >= 0.3 is 0 Å². The molecule has 0 radical (unpaired) electrons. The molecule has 6 nitrogen and oxygen atoms in total. The third-order valence-electron chi connectivity index (χ3n) is 2.40. The van der Waals surface area contributed by atoms with E-state index in [0.29, 0.717) is 13.1 Å². The van der Waals surface area contributed by atoms with E-state index in [1.54, 1.807) is 0 Å². The number of H-pyrrole nitrogens is 1. The van der Waals surface area contributed by atoms with Crippen molar-refractivity contribution in [1.29, 1.82) is 0 Å². The van der Waals surface area contributed by atoms with Crippen molar-refractivity contribution in [3.63, 3.8) is 0 Å². The lowest BCUT2D eigenvalue weighted by atomic mass is 10.1. The number of nitrogens with one attached hydrogen (secondary N) is 2. The summed E-state index contributed by atoms with van der Waals surface area (Å²) in [5, 5.41) is 9.40. The Bertz CT molecular complexity index is 298. The lowest BCUT2D eigenvalue weighted by molar-refractivity contribution is -0.124. The van der Waals surface area contributed by atoms with Crippen LogP contribution in [0.25, 0.3) is 0 Å². The van der Waals surface area contributed by atoms with Gasteiger partial charge in [0.05, 0.1) is 0 Å². The number of aromatic amines is 1. The molecule has 0 aliphatic rings. The van der Waals surface area contributed by atoms with Crippen molar-refractivity contribution in [2.45, 2.75) is 26.2 Å². The molecule has 1 atom stereocenters. The lowest BCUT2D eigenvalue weighted by Gasteiger charge is -2.10. The molecule has 0 bridgehead atoms. The number of amides is 1. The van der Waals surface area contributed by atoms with Crippen LogP contribution in [0.2, 0.25) is 0 Å². The fourth-order valence-electron chi connectivity index (χ4n) is 1.37. The van der Waals surface area contributed by atoms with Gasteiger partial charge in [0.1, 0.15) is 12.2 Å². The van der Waals surface area contributed by atoms with Crippen LogP contribution in [0, 0.1) is 5.92 Å². The Morgan fingerprint density at radius 2 is 2.50 bits per heavy atom. The van der Waals surface area contributed by atoms with Crippen LogP contribution in [-0.4, -0.2) is 34.2 Å². The molecule has 0 aliphatic carbocycles. The van der Waals surface area contributed by atoms with Crippen molar-refractivity contribution in [3.05, 3.63) is 12.2 Å². The van der Waals surface area contributed by atoms with Gasteiger partial charge in [0.15, 0.2) is 0 Å². The molecule has 1 amide bonds. The molecule has 1 heterocycles. The molecule has 1 unspecified atom stereocenters. The molecule has 0 saturated heterocycles. The second-order valence-electron chi connectivity index (χ2n) is 3.81. The van der Waals surface area contributed by atoms with Crippen molar-refractivity contribution < 1.29 is 4.79 Å². The van der Waals surface area contributed by atoms with Crippen LogP contribution >= 0.6 is 0 Å². The summed E-state index contributed by atoms with van der Waals surface area (Å²) in [4.78, 5) is 15.5. The van der Waals surface area contributed by atoms with Crippen LogP contribution < -0.4 is 11.1 Å². The van der Waals surface area contributed by atoms with E-state index >= 15 is 0 Å². The molecular formula is C10H19N5O. The van der Waals surface area contributed by atoms with E-state index in [1.807, 2.05) is 6.92 Å². The van der Waals surface area contributed by atoms with Gasteiger partial charge in [-0.15, -0.1) is 0 Å². The standard InChI is InChI=1S/C10H19N5O/c1-8(4-5-11)10(16)12-6-2-3-9-13-7-14-15-9/h7-8H,2-6,11H2,1H3,(H,12,16)(H,13,14,15). The van der Waals surface area contributed by atoms with E-state index in [9.17, 15) is 4.79 Å². The highest BCUT2D eigenvalue weighted by Gasteiger charge is 2.10. The summed E-state index contributed by atoms with van der Waals surface area (Å²) >= 11 is 0. The lowest BCUT2D eigenvalue weighted by Crippen LogP contribution is -2.31. The van der Waals surface area contributed by atoms with E-state index in [-0.39, 0.29) is 11.8 Å². The smallest absolute Gasteiger partial charge is 0.222 e. The van der Waals surface area contributed by atoms with Gasteiger partial charge in [0.2, 0.25) is 5.91 Å². The zero-order valence-corrected chi connectivity index (χ0v) is 9.57. The molecule has 0 spiro atoms. The molecule has 6 heteroatoms. The molecule has 1 aromatic rings. The Hall–Kier alpha value is -1.43. The predicted molar refractivity (Wildman–Crippen MR) is 60.5 cm³/mol. The van der Waals surface area contributed by atoms with Gasteiger partial charge in [0.25, 0.3) is 0 Å². The summed E-state index contributed by atoms with van der Waals surface area (Å²) in [6, 6.07) is 0. The average molecular weight is 225 g/mol. The maximum Gasteiger partial charge on any atom is 0.222 e. The van der Waals surface area contributed by atoms with Gasteiger partial charge in [-0.1, -0.05) is 6.92 Å². The first-order valence-corrected chi connectivity index (χ1v) is 5.56. The van der Waals surface area contributed by atoms with Crippen LogP contribution in [0.1, 0.15) is 25.6 Å². The predicted octanol–water partition coefficient (Wildman–Crippen LogP) is -0.162. The number of aryl methyl sites for hydroxylation is 1. The molecule has 0 saturated carbocycles. The van der Waals surface area contributed by atoms with Crippen LogP contribution in [0.5, 0.6) is 0 Å². The van der Waals surface area contributed by atoms with Crippen molar-refractivity contribution in [1.82, 2.24) is 20.5 Å². The molecule has 0 fully saturated rings. The van der Waals surface area contributed by atoms with Crippen molar-refractivity contribution in [2.75, 3.05) is 13.1 Å². The summed E-state index contributed by atoms with van der Waals surface area (Å²) in [5.74, 6) is 0.919. The molecule has 1 rings (SSSR count). The number of hydrogen-bond acceptors (Lipinski definition) is 4. The summed E-state index contributed by atoms with van der Waals surface area (Å²) < 4.78 is 0. The Kier molecular flexibility index (Phi) is 5.49. The first-order chi connectivity index (χ1) is 7.74. The van der Waals surface area contributed by atoms with Crippen LogP contribution in [0.4, 0.5) is 0 Å². The van der Waals surface area contributed by atoms with Crippen LogP contribution in [0.15, 0.2) is 6.33 Å². The Labute approximate surface area is 95.0 Å². The van der Waals surface area contributed by atoms with E-state index in [0.717, 1.165) is 25.1 Å². The largest absolute Gasteiger partial charge is 0.356 e. The number of rotatable bonds is 7. The summed E-state index contributed by atoms with van der Waals surface area (Å²) in [7, 11) is 0. The van der Waals surface area contributed by atoms with Gasteiger partial charge in [0, 0.05) is 18.9 Å². The second kappa shape index (κ2) is 6.95. The topological polar surface area (TPSA) is 96.7 Å². The van der Waals surface area contributed by atoms with Crippen molar-refractivity contribution in [3.8, 4) is 0 Å². The number of nitrogens with zero attached hydrogens (tertiary/aromatic N) is 2. The van der Waals surface area contributed by atoms with Gasteiger partial charge in [-0.3, -0.25) is 9.89 Å². The number of hydrogen-bond donors (Lipinski definition) is 3. The average Bonchev–Trinajstić information content (AvgIpc) is 2.77. The minimum atomic E-state index is -0.00437. The maximum absolute atomic E-state index is 11.5. The highest BCUT2D eigenvalue weighted by atomic mass is 16.1. The third kappa shape index (κ3) is 4.39. The SMILES string of the molecule is CC(CCN)C(=O)NCCCc1ncn[nH]1. The quantitative estimate of drug-likeness (QED) is 0.562. The number of aromatic nitrogens is 3. The fraction of sp³-hybridized carbons (Fsp3) is 0.700. The summed E-state index contributed by atoms with van der Waals surface area (Å²) in [5.41, 5.74) is 5.39. The van der Waals surface area contributed by atoms with E-state index in [1.165, 1.54) is 6.33 Å². The molecule has 0 aliphatic heterocycles. The first-order valence-electron chi connectivity index (χ1n) is 5.56. The van der Waals surface area contributed by atoms with Gasteiger partial charge < -0.3 is 11.1 Å². The molecule has 90 valence electrons. The first kappa shape index (κ1) is 12.6. The highest BCUT2D eigenvalue weighted by molar-refractivity contribution is 5.78. The van der Waals surface area contributed by atoms with Crippen LogP contribution in [-0.2, 0) is 11.2 Å². The summed E-state index contributed by atoms with van der Waals surface area (Å²) in [6.45, 7) is 3.10. The normalized spacial score (nSPS) is 12.4. The van der Waals surface area contributed by atoms with Crippen molar-refractivity contribution in [2.24, 2.45) is 11.7 Å². The monoisotopic (exact) mass is 225 g/mol. The fourth-order valence-corrected chi connectivity index (χ4v) is 1.37. The molecule has 0 aromatic carbocycles. The third-order valence-corrected chi connectivity index (χ3v) is 2.40. The zero-order chi connectivity index (χ0) is 11.8. The van der Waals surface area contributed by atoms with E-state index in [4.69, 9.17) is 5.73 Å². The second-order valence-corrected chi connectivity index (χ2v) is 3.81.